The van der Waals surface area contributed by atoms with E-state index in [-0.39, 0.29) is 5.41 Å². The van der Waals surface area contributed by atoms with Crippen LogP contribution in [0.15, 0.2) is 23.3 Å². The molecule has 4 rings (SSSR count). The second kappa shape index (κ2) is 5.38. The van der Waals surface area contributed by atoms with E-state index in [4.69, 9.17) is 0 Å². The first-order valence-corrected chi connectivity index (χ1v) is 8.26. The van der Waals surface area contributed by atoms with Crippen molar-refractivity contribution in [1.82, 2.24) is 4.90 Å². The van der Waals surface area contributed by atoms with Crippen molar-refractivity contribution in [1.29, 1.82) is 0 Å². The number of rotatable bonds is 1. The molecule has 3 aliphatic carbocycles. The van der Waals surface area contributed by atoms with Crippen LogP contribution in [0.4, 0.5) is 0 Å². The molecule has 0 aromatic heterocycles. The number of hydrogen-bond donors (Lipinski definition) is 0. The van der Waals surface area contributed by atoms with Crippen LogP contribution in [0.5, 0.6) is 0 Å². The molecular formula is C18H27NO. The zero-order valence-corrected chi connectivity index (χ0v) is 13.0. The van der Waals surface area contributed by atoms with E-state index in [0.717, 1.165) is 32.4 Å². The standard InChI is InChI=1S/C18H27NO/c1-14-9-15-10-16(11-15)13-18(2,12-14)17(20)19-7-5-3-4-6-8-19/h9,13-14H,3-8,10-12H2,1-2H3. The Kier molecular flexibility index (Phi) is 3.74. The van der Waals surface area contributed by atoms with Crippen LogP contribution in [0, 0.1) is 11.3 Å². The van der Waals surface area contributed by atoms with Crippen LogP contribution in [0.3, 0.4) is 0 Å². The smallest absolute Gasteiger partial charge is 0.232 e. The molecule has 2 fully saturated rings. The maximum Gasteiger partial charge on any atom is 0.232 e. The van der Waals surface area contributed by atoms with Gasteiger partial charge < -0.3 is 4.90 Å². The van der Waals surface area contributed by atoms with Gasteiger partial charge in [-0.3, -0.25) is 4.79 Å². The van der Waals surface area contributed by atoms with E-state index < -0.39 is 0 Å². The van der Waals surface area contributed by atoms with Crippen LogP contribution in [-0.2, 0) is 4.79 Å². The average Bonchev–Trinajstić information content (AvgIpc) is 2.61. The van der Waals surface area contributed by atoms with Crippen molar-refractivity contribution in [2.45, 2.75) is 58.8 Å². The van der Waals surface area contributed by atoms with Gasteiger partial charge in [0.15, 0.2) is 0 Å². The van der Waals surface area contributed by atoms with Crippen molar-refractivity contribution in [2.24, 2.45) is 11.3 Å². The molecule has 2 bridgehead atoms. The molecule has 0 N–H and O–H groups in total. The summed E-state index contributed by atoms with van der Waals surface area (Å²) in [6, 6.07) is 0. The molecule has 0 spiro atoms. The summed E-state index contributed by atoms with van der Waals surface area (Å²) in [6.45, 7) is 6.36. The Labute approximate surface area is 122 Å². The predicted molar refractivity (Wildman–Crippen MR) is 82.3 cm³/mol. The molecule has 1 saturated heterocycles. The zero-order chi connectivity index (χ0) is 14.2. The van der Waals surface area contributed by atoms with Gasteiger partial charge in [0.05, 0.1) is 5.41 Å². The van der Waals surface area contributed by atoms with Crippen LogP contribution in [0.2, 0.25) is 0 Å². The van der Waals surface area contributed by atoms with Crippen molar-refractivity contribution in [3.8, 4) is 0 Å². The lowest BCUT2D eigenvalue weighted by Crippen LogP contribution is -2.43. The normalized spacial score (nSPS) is 34.1. The van der Waals surface area contributed by atoms with Gasteiger partial charge in [0, 0.05) is 13.1 Å². The molecule has 4 aliphatic rings. The summed E-state index contributed by atoms with van der Waals surface area (Å²) in [5.74, 6) is 0.895. The SMILES string of the molecule is CC1C=C2CC(=CC(C)(C(=O)N3CCCCCC3)C1)C2. The summed E-state index contributed by atoms with van der Waals surface area (Å²) >= 11 is 0. The fourth-order valence-corrected chi connectivity index (χ4v) is 4.18. The summed E-state index contributed by atoms with van der Waals surface area (Å²) in [4.78, 5) is 15.2. The van der Waals surface area contributed by atoms with Crippen molar-refractivity contribution in [3.05, 3.63) is 23.3 Å². The van der Waals surface area contributed by atoms with Crippen LogP contribution >= 0.6 is 0 Å². The first-order chi connectivity index (χ1) is 9.57. The molecule has 0 aromatic rings. The van der Waals surface area contributed by atoms with Crippen molar-refractivity contribution in [3.63, 3.8) is 0 Å². The summed E-state index contributed by atoms with van der Waals surface area (Å²) in [7, 11) is 0. The fraction of sp³-hybridized carbons (Fsp3) is 0.722. The van der Waals surface area contributed by atoms with Gasteiger partial charge in [-0.15, -0.1) is 0 Å². The lowest BCUT2D eigenvalue weighted by Gasteiger charge is -2.38. The maximum absolute atomic E-state index is 13.1. The molecule has 110 valence electrons. The number of likely N-dealkylation sites (tertiary alicyclic amines) is 1. The molecule has 1 saturated carbocycles. The van der Waals surface area contributed by atoms with E-state index in [1.807, 2.05) is 0 Å². The molecular weight excluding hydrogens is 246 g/mol. The second-order valence-electron chi connectivity index (χ2n) is 7.29. The van der Waals surface area contributed by atoms with Gasteiger partial charge >= 0.3 is 0 Å². The Morgan fingerprint density at radius 2 is 1.80 bits per heavy atom. The van der Waals surface area contributed by atoms with Gasteiger partial charge in [-0.2, -0.15) is 0 Å². The minimum absolute atomic E-state index is 0.276. The van der Waals surface area contributed by atoms with Crippen molar-refractivity contribution < 1.29 is 4.79 Å². The van der Waals surface area contributed by atoms with E-state index in [2.05, 4.69) is 30.9 Å². The van der Waals surface area contributed by atoms with Gasteiger partial charge in [-0.1, -0.05) is 43.1 Å². The molecule has 2 atom stereocenters. The summed E-state index contributed by atoms with van der Waals surface area (Å²) in [5, 5.41) is 0. The minimum atomic E-state index is -0.276. The average molecular weight is 273 g/mol. The van der Waals surface area contributed by atoms with E-state index in [9.17, 15) is 4.79 Å². The first-order valence-electron chi connectivity index (χ1n) is 8.26. The van der Waals surface area contributed by atoms with Crippen molar-refractivity contribution >= 4 is 5.91 Å². The van der Waals surface area contributed by atoms with Crippen LogP contribution in [-0.4, -0.2) is 23.9 Å². The molecule has 1 heterocycles. The highest BCUT2D eigenvalue weighted by Gasteiger charge is 2.38. The number of nitrogens with zero attached hydrogens (tertiary/aromatic N) is 1. The largest absolute Gasteiger partial charge is 0.342 e. The van der Waals surface area contributed by atoms with Crippen LogP contribution in [0.1, 0.15) is 58.8 Å². The quantitative estimate of drug-likeness (QED) is 0.659. The van der Waals surface area contributed by atoms with E-state index in [1.54, 1.807) is 5.57 Å². The second-order valence-corrected chi connectivity index (χ2v) is 7.29. The molecule has 1 amide bonds. The molecule has 0 aromatic carbocycles. The summed E-state index contributed by atoms with van der Waals surface area (Å²) in [5.41, 5.74) is 2.78. The number of amides is 1. The van der Waals surface area contributed by atoms with Gasteiger partial charge in [-0.25, -0.2) is 0 Å². The Morgan fingerprint density at radius 3 is 2.45 bits per heavy atom. The lowest BCUT2D eigenvalue weighted by molar-refractivity contribution is -0.139. The molecule has 2 nitrogen and oxygen atoms in total. The number of carbonyl (C=O) groups excluding carboxylic acids is 1. The number of carbonyl (C=O) groups is 1. The van der Waals surface area contributed by atoms with Gasteiger partial charge in [0.2, 0.25) is 5.91 Å². The molecule has 0 radical (unpaired) electrons. The van der Waals surface area contributed by atoms with Crippen LogP contribution < -0.4 is 0 Å². The summed E-state index contributed by atoms with van der Waals surface area (Å²) in [6.07, 6.45) is 12.8. The molecule has 2 heteroatoms. The third-order valence-corrected chi connectivity index (χ3v) is 5.08. The third kappa shape index (κ3) is 2.70. The van der Waals surface area contributed by atoms with E-state index in [1.165, 1.54) is 31.3 Å². The number of fused-ring (bicyclic) bond motifs is 4. The predicted octanol–water partition coefficient (Wildman–Crippen LogP) is 4.08. The van der Waals surface area contributed by atoms with Crippen molar-refractivity contribution in [2.75, 3.05) is 13.1 Å². The lowest BCUT2D eigenvalue weighted by atomic mass is 9.70. The maximum atomic E-state index is 13.1. The van der Waals surface area contributed by atoms with Gasteiger partial charge in [0.25, 0.3) is 0 Å². The molecule has 20 heavy (non-hydrogen) atoms. The zero-order valence-electron chi connectivity index (χ0n) is 13.0. The number of hydrogen-bond acceptors (Lipinski definition) is 1. The highest BCUT2D eigenvalue weighted by atomic mass is 16.2. The summed E-state index contributed by atoms with van der Waals surface area (Å²) < 4.78 is 0. The highest BCUT2D eigenvalue weighted by Crippen LogP contribution is 2.43. The minimum Gasteiger partial charge on any atom is -0.342 e. The molecule has 1 aliphatic heterocycles. The van der Waals surface area contributed by atoms with Crippen LogP contribution in [0.25, 0.3) is 0 Å². The molecule has 2 unspecified atom stereocenters. The monoisotopic (exact) mass is 273 g/mol. The first kappa shape index (κ1) is 13.9. The Bertz CT molecular complexity index is 444. The highest BCUT2D eigenvalue weighted by molar-refractivity contribution is 5.84. The van der Waals surface area contributed by atoms with Gasteiger partial charge in [-0.05, 0) is 44.9 Å². The topological polar surface area (TPSA) is 20.3 Å². The van der Waals surface area contributed by atoms with Gasteiger partial charge in [0.1, 0.15) is 0 Å². The Morgan fingerprint density at radius 1 is 1.15 bits per heavy atom. The third-order valence-electron chi connectivity index (χ3n) is 5.08. The van der Waals surface area contributed by atoms with E-state index in [0.29, 0.717) is 11.8 Å². The number of allylic oxidation sites excluding steroid dienone is 3. The Hall–Kier alpha value is -1.05. The Balaban J connectivity index is 1.80. The van der Waals surface area contributed by atoms with E-state index >= 15 is 0 Å². The fourth-order valence-electron chi connectivity index (χ4n) is 4.18.